The Labute approximate surface area is 118 Å². The number of rotatable bonds is 2. The summed E-state index contributed by atoms with van der Waals surface area (Å²) < 4.78 is 5.61. The van der Waals surface area contributed by atoms with Crippen LogP contribution < -0.4 is 0 Å². The van der Waals surface area contributed by atoms with Crippen molar-refractivity contribution in [2.45, 2.75) is 12.5 Å². The summed E-state index contributed by atoms with van der Waals surface area (Å²) in [6.45, 7) is 2.82. The number of pyridine rings is 1. The van der Waals surface area contributed by atoms with Crippen LogP contribution in [0.1, 0.15) is 17.3 Å². The number of nitrogens with zero attached hydrogens (tertiary/aromatic N) is 3. The van der Waals surface area contributed by atoms with E-state index in [-0.39, 0.29) is 18.4 Å². The van der Waals surface area contributed by atoms with Gasteiger partial charge < -0.3 is 14.5 Å². The molecule has 108 valence electrons. The van der Waals surface area contributed by atoms with Crippen molar-refractivity contribution in [2.75, 3.05) is 33.8 Å². The highest BCUT2D eigenvalue weighted by molar-refractivity contribution is 5.95. The molecule has 0 bridgehead atoms. The first-order chi connectivity index (χ1) is 9.44. The zero-order chi connectivity index (χ0) is 14.8. The van der Waals surface area contributed by atoms with Gasteiger partial charge in [-0.2, -0.15) is 0 Å². The molecule has 1 aromatic heterocycles. The van der Waals surface area contributed by atoms with E-state index in [0.717, 1.165) is 0 Å². The maximum Gasteiger partial charge on any atom is 0.255 e. The van der Waals surface area contributed by atoms with E-state index in [0.29, 0.717) is 18.7 Å². The molecule has 2 heterocycles. The molecule has 2 rings (SSSR count). The molecule has 1 unspecified atom stereocenters. The third-order valence-electron chi connectivity index (χ3n) is 3.35. The fourth-order valence-electron chi connectivity index (χ4n) is 2.32. The summed E-state index contributed by atoms with van der Waals surface area (Å²) in [5.74, 6) is -0.238. The summed E-state index contributed by atoms with van der Waals surface area (Å²) in [4.78, 5) is 31.6. The van der Waals surface area contributed by atoms with E-state index >= 15 is 0 Å². The molecule has 6 heteroatoms. The van der Waals surface area contributed by atoms with Crippen molar-refractivity contribution in [1.82, 2.24) is 14.8 Å². The maximum absolute atomic E-state index is 12.4. The summed E-state index contributed by atoms with van der Waals surface area (Å²) >= 11 is 0. The minimum Gasteiger partial charge on any atom is -0.362 e. The second kappa shape index (κ2) is 5.58. The topological polar surface area (TPSA) is 62.7 Å². The first-order valence-electron chi connectivity index (χ1n) is 6.49. The highest BCUT2D eigenvalue weighted by Gasteiger charge is 2.41. The van der Waals surface area contributed by atoms with Crippen LogP contribution in [-0.2, 0) is 9.53 Å². The second-order valence-corrected chi connectivity index (χ2v) is 5.24. The second-order valence-electron chi connectivity index (χ2n) is 5.24. The van der Waals surface area contributed by atoms with Gasteiger partial charge in [-0.15, -0.1) is 0 Å². The SMILES string of the molecule is CN(C)C(=O)C1(C)CN(C(=O)c2ccncc2)CCO1. The molecule has 1 aliphatic rings. The Morgan fingerprint density at radius 2 is 2.00 bits per heavy atom. The van der Waals surface area contributed by atoms with E-state index in [9.17, 15) is 9.59 Å². The largest absolute Gasteiger partial charge is 0.362 e. The highest BCUT2D eigenvalue weighted by atomic mass is 16.5. The summed E-state index contributed by atoms with van der Waals surface area (Å²) in [6, 6.07) is 3.34. The van der Waals surface area contributed by atoms with Crippen LogP contribution in [0.25, 0.3) is 0 Å². The lowest BCUT2D eigenvalue weighted by atomic mass is 10.0. The van der Waals surface area contributed by atoms with E-state index in [1.165, 1.54) is 4.90 Å². The van der Waals surface area contributed by atoms with Gasteiger partial charge in [0.05, 0.1) is 13.2 Å². The van der Waals surface area contributed by atoms with E-state index in [1.807, 2.05) is 0 Å². The van der Waals surface area contributed by atoms with Gasteiger partial charge in [0, 0.05) is 38.6 Å². The van der Waals surface area contributed by atoms with Crippen LogP contribution in [0.3, 0.4) is 0 Å². The van der Waals surface area contributed by atoms with Crippen molar-refractivity contribution < 1.29 is 14.3 Å². The van der Waals surface area contributed by atoms with Gasteiger partial charge in [-0.1, -0.05) is 0 Å². The van der Waals surface area contributed by atoms with Gasteiger partial charge in [-0.3, -0.25) is 14.6 Å². The highest BCUT2D eigenvalue weighted by Crippen LogP contribution is 2.21. The maximum atomic E-state index is 12.4. The summed E-state index contributed by atoms with van der Waals surface area (Å²) in [6.07, 6.45) is 3.16. The minimum absolute atomic E-state index is 0.103. The average Bonchev–Trinajstić information content (AvgIpc) is 2.46. The zero-order valence-electron chi connectivity index (χ0n) is 12.0. The van der Waals surface area contributed by atoms with Gasteiger partial charge in [0.1, 0.15) is 0 Å². The first-order valence-corrected chi connectivity index (χ1v) is 6.49. The number of hydrogen-bond acceptors (Lipinski definition) is 4. The number of likely N-dealkylation sites (N-methyl/N-ethyl adjacent to an activating group) is 1. The number of amides is 2. The lowest BCUT2D eigenvalue weighted by Gasteiger charge is -2.40. The summed E-state index contributed by atoms with van der Waals surface area (Å²) in [5, 5.41) is 0. The van der Waals surface area contributed by atoms with Gasteiger partial charge in [-0.25, -0.2) is 0 Å². The molecule has 6 nitrogen and oxygen atoms in total. The molecule has 1 saturated heterocycles. The van der Waals surface area contributed by atoms with Crippen molar-refractivity contribution in [3.05, 3.63) is 30.1 Å². The van der Waals surface area contributed by atoms with Crippen molar-refractivity contribution in [2.24, 2.45) is 0 Å². The van der Waals surface area contributed by atoms with Crippen LogP contribution in [-0.4, -0.2) is 66.0 Å². The van der Waals surface area contributed by atoms with Crippen molar-refractivity contribution in [3.63, 3.8) is 0 Å². The van der Waals surface area contributed by atoms with E-state index in [4.69, 9.17) is 4.74 Å². The molecule has 20 heavy (non-hydrogen) atoms. The monoisotopic (exact) mass is 277 g/mol. The average molecular weight is 277 g/mol. The number of aromatic nitrogens is 1. The van der Waals surface area contributed by atoms with E-state index < -0.39 is 5.60 Å². The van der Waals surface area contributed by atoms with Gasteiger partial charge in [-0.05, 0) is 19.1 Å². The van der Waals surface area contributed by atoms with Crippen molar-refractivity contribution in [3.8, 4) is 0 Å². The van der Waals surface area contributed by atoms with Crippen molar-refractivity contribution in [1.29, 1.82) is 0 Å². The Hall–Kier alpha value is -1.95. The van der Waals surface area contributed by atoms with Crippen LogP contribution in [0.2, 0.25) is 0 Å². The smallest absolute Gasteiger partial charge is 0.255 e. The Morgan fingerprint density at radius 1 is 1.35 bits per heavy atom. The van der Waals surface area contributed by atoms with E-state index in [2.05, 4.69) is 4.98 Å². The number of carbonyl (C=O) groups excluding carboxylic acids is 2. The molecule has 2 amide bonds. The molecule has 0 N–H and O–H groups in total. The molecule has 1 aromatic rings. The molecule has 1 atom stereocenters. The number of carbonyl (C=O) groups is 2. The summed E-state index contributed by atoms with van der Waals surface area (Å²) in [5.41, 5.74) is -0.411. The number of morpholine rings is 1. The molecule has 1 fully saturated rings. The van der Waals surface area contributed by atoms with Crippen LogP contribution >= 0.6 is 0 Å². The predicted molar refractivity (Wildman–Crippen MR) is 73.2 cm³/mol. The summed E-state index contributed by atoms with van der Waals surface area (Å²) in [7, 11) is 3.36. The Balaban J connectivity index is 2.15. The van der Waals surface area contributed by atoms with Gasteiger partial charge in [0.25, 0.3) is 11.8 Å². The van der Waals surface area contributed by atoms with Crippen LogP contribution in [0.5, 0.6) is 0 Å². The molecule has 0 spiro atoms. The lowest BCUT2D eigenvalue weighted by Crippen LogP contribution is -2.59. The molecule has 1 aliphatic heterocycles. The van der Waals surface area contributed by atoms with Crippen molar-refractivity contribution >= 4 is 11.8 Å². The van der Waals surface area contributed by atoms with Crippen LogP contribution in [0.4, 0.5) is 0 Å². The Kier molecular flexibility index (Phi) is 4.04. The molecule has 0 saturated carbocycles. The number of ether oxygens (including phenoxy) is 1. The fourth-order valence-corrected chi connectivity index (χ4v) is 2.32. The van der Waals surface area contributed by atoms with E-state index in [1.54, 1.807) is 50.4 Å². The lowest BCUT2D eigenvalue weighted by molar-refractivity contribution is -0.162. The fraction of sp³-hybridized carbons (Fsp3) is 0.500. The molecular formula is C14H19N3O3. The Bertz CT molecular complexity index is 504. The van der Waals surface area contributed by atoms with Gasteiger partial charge in [0.2, 0.25) is 0 Å². The molecular weight excluding hydrogens is 258 g/mol. The molecule has 0 aliphatic carbocycles. The normalized spacial score (nSPS) is 22.4. The Morgan fingerprint density at radius 3 is 2.60 bits per heavy atom. The van der Waals surface area contributed by atoms with Gasteiger partial charge >= 0.3 is 0 Å². The standard InChI is InChI=1S/C14H19N3O3/c1-14(13(19)16(2)3)10-17(8-9-20-14)12(18)11-4-6-15-7-5-11/h4-7H,8-10H2,1-3H3. The minimum atomic E-state index is -0.982. The predicted octanol–water partition coefficient (Wildman–Crippen LogP) is 0.401. The van der Waals surface area contributed by atoms with Gasteiger partial charge in [0.15, 0.2) is 5.60 Å². The molecule has 0 radical (unpaired) electrons. The number of hydrogen-bond donors (Lipinski definition) is 0. The third kappa shape index (κ3) is 2.80. The third-order valence-corrected chi connectivity index (χ3v) is 3.35. The van der Waals surface area contributed by atoms with Crippen LogP contribution in [0, 0.1) is 0 Å². The molecule has 0 aromatic carbocycles. The van der Waals surface area contributed by atoms with Crippen LogP contribution in [0.15, 0.2) is 24.5 Å². The first kappa shape index (κ1) is 14.5. The quantitative estimate of drug-likeness (QED) is 0.785. The zero-order valence-corrected chi connectivity index (χ0v) is 12.0.